The maximum Gasteiger partial charge on any atom is 0.262 e. The van der Waals surface area contributed by atoms with E-state index >= 15 is 4.39 Å². The Kier molecular flexibility index (Phi) is 4.56. The highest BCUT2D eigenvalue weighted by Gasteiger charge is 2.46. The van der Waals surface area contributed by atoms with Crippen molar-refractivity contribution in [2.45, 2.75) is 18.5 Å². The molecule has 2 aliphatic heterocycles. The molecular weight excluding hydrogens is 301 g/mol. The van der Waals surface area contributed by atoms with E-state index in [1.165, 1.54) is 22.2 Å². The molecule has 2 aliphatic rings. The second-order valence-electron chi connectivity index (χ2n) is 5.94. The van der Waals surface area contributed by atoms with Gasteiger partial charge in [0, 0.05) is 37.6 Å². The molecule has 1 aromatic rings. The molecular formula is C16H20FN3O3. The van der Waals surface area contributed by atoms with Gasteiger partial charge >= 0.3 is 0 Å². The summed E-state index contributed by atoms with van der Waals surface area (Å²) < 4.78 is 20.4. The second kappa shape index (κ2) is 6.62. The second-order valence-corrected chi connectivity index (χ2v) is 5.94. The van der Waals surface area contributed by atoms with Gasteiger partial charge in [-0.25, -0.2) is 4.39 Å². The van der Waals surface area contributed by atoms with E-state index in [-0.39, 0.29) is 18.9 Å². The number of halogens is 1. The molecule has 124 valence electrons. The van der Waals surface area contributed by atoms with Crippen molar-refractivity contribution in [3.05, 3.63) is 30.1 Å². The summed E-state index contributed by atoms with van der Waals surface area (Å²) >= 11 is 0. The van der Waals surface area contributed by atoms with Crippen LogP contribution in [0.2, 0.25) is 0 Å². The number of likely N-dealkylation sites (tertiary alicyclic amines) is 1. The lowest BCUT2D eigenvalue weighted by Gasteiger charge is -2.40. The molecule has 3 rings (SSSR count). The van der Waals surface area contributed by atoms with Crippen LogP contribution in [0.3, 0.4) is 0 Å². The molecule has 0 aliphatic carbocycles. The van der Waals surface area contributed by atoms with E-state index in [9.17, 15) is 9.59 Å². The number of aromatic nitrogens is 1. The smallest absolute Gasteiger partial charge is 0.262 e. The predicted molar refractivity (Wildman–Crippen MR) is 80.6 cm³/mol. The minimum atomic E-state index is -2.00. The van der Waals surface area contributed by atoms with E-state index in [0.29, 0.717) is 44.8 Å². The average molecular weight is 321 g/mol. The van der Waals surface area contributed by atoms with Gasteiger partial charge in [-0.2, -0.15) is 0 Å². The molecule has 3 heterocycles. The fourth-order valence-electron chi connectivity index (χ4n) is 3.09. The van der Waals surface area contributed by atoms with Crippen LogP contribution < -0.4 is 0 Å². The summed E-state index contributed by atoms with van der Waals surface area (Å²) in [6.07, 6.45) is 3.68. The van der Waals surface area contributed by atoms with E-state index in [2.05, 4.69) is 4.98 Å². The first-order chi connectivity index (χ1) is 11.1. The summed E-state index contributed by atoms with van der Waals surface area (Å²) in [6, 6.07) is 3.20. The number of morpholine rings is 1. The summed E-state index contributed by atoms with van der Waals surface area (Å²) in [6.45, 7) is 1.95. The minimum Gasteiger partial charge on any atom is -0.378 e. The Balaban J connectivity index is 1.71. The summed E-state index contributed by atoms with van der Waals surface area (Å²) in [5, 5.41) is 0. The molecule has 0 bridgehead atoms. The van der Waals surface area contributed by atoms with Gasteiger partial charge in [0.05, 0.1) is 19.8 Å². The molecule has 0 aromatic carbocycles. The molecule has 0 radical (unpaired) electrons. The zero-order valence-corrected chi connectivity index (χ0v) is 12.9. The highest BCUT2D eigenvalue weighted by atomic mass is 19.1. The lowest BCUT2D eigenvalue weighted by molar-refractivity contribution is -0.151. The Bertz CT molecular complexity index is 577. The largest absolute Gasteiger partial charge is 0.378 e. The molecule has 2 saturated heterocycles. The molecule has 7 heteroatoms. The fourth-order valence-corrected chi connectivity index (χ4v) is 3.09. The zero-order valence-electron chi connectivity index (χ0n) is 12.9. The van der Waals surface area contributed by atoms with E-state index in [1.807, 2.05) is 0 Å². The first-order valence-electron chi connectivity index (χ1n) is 7.85. The number of amides is 2. The number of carbonyl (C=O) groups is 2. The number of rotatable bonds is 2. The molecule has 1 atom stereocenters. The Labute approximate surface area is 134 Å². The van der Waals surface area contributed by atoms with Gasteiger partial charge in [0.1, 0.15) is 0 Å². The van der Waals surface area contributed by atoms with Gasteiger partial charge in [0.15, 0.2) is 0 Å². The third-order valence-electron chi connectivity index (χ3n) is 4.34. The number of hydrogen-bond acceptors (Lipinski definition) is 4. The number of hydrogen-bond donors (Lipinski definition) is 0. The van der Waals surface area contributed by atoms with Gasteiger partial charge < -0.3 is 14.5 Å². The maximum atomic E-state index is 15.2. The average Bonchev–Trinajstić information content (AvgIpc) is 2.62. The van der Waals surface area contributed by atoms with Gasteiger partial charge in [-0.05, 0) is 25.0 Å². The van der Waals surface area contributed by atoms with Crippen LogP contribution in [0.4, 0.5) is 4.39 Å². The molecule has 0 N–H and O–H groups in total. The number of ether oxygens (including phenoxy) is 1. The van der Waals surface area contributed by atoms with Crippen molar-refractivity contribution >= 4 is 11.8 Å². The van der Waals surface area contributed by atoms with Crippen molar-refractivity contribution in [1.29, 1.82) is 0 Å². The summed E-state index contributed by atoms with van der Waals surface area (Å²) in [5.74, 6) is -0.781. The van der Waals surface area contributed by atoms with Crippen LogP contribution in [-0.4, -0.2) is 71.7 Å². The number of alkyl halides is 1. The summed E-state index contributed by atoms with van der Waals surface area (Å²) in [7, 11) is 0. The van der Waals surface area contributed by atoms with Crippen molar-refractivity contribution in [3.63, 3.8) is 0 Å². The normalized spacial score (nSPS) is 25.3. The molecule has 0 spiro atoms. The van der Waals surface area contributed by atoms with Gasteiger partial charge in [0.25, 0.3) is 11.8 Å². The molecule has 1 unspecified atom stereocenters. The number of carbonyl (C=O) groups excluding carboxylic acids is 2. The number of piperidine rings is 1. The van der Waals surface area contributed by atoms with Crippen LogP contribution in [0.15, 0.2) is 24.5 Å². The number of nitrogens with zero attached hydrogens (tertiary/aromatic N) is 3. The first-order valence-corrected chi connectivity index (χ1v) is 7.85. The SMILES string of the molecule is O=C(c1ccncc1)N1CCCC(F)(C(=O)N2CCOCC2)C1. The van der Waals surface area contributed by atoms with Crippen molar-refractivity contribution in [2.75, 3.05) is 39.4 Å². The van der Waals surface area contributed by atoms with E-state index in [0.717, 1.165) is 0 Å². The van der Waals surface area contributed by atoms with Crippen LogP contribution in [0.1, 0.15) is 23.2 Å². The Morgan fingerprint density at radius 2 is 1.83 bits per heavy atom. The maximum absolute atomic E-state index is 15.2. The molecule has 2 amide bonds. The molecule has 1 aromatic heterocycles. The monoisotopic (exact) mass is 321 g/mol. The first kappa shape index (κ1) is 15.9. The molecule has 0 saturated carbocycles. The zero-order chi connectivity index (χ0) is 16.3. The lowest BCUT2D eigenvalue weighted by Crippen LogP contribution is -2.58. The highest BCUT2D eigenvalue weighted by molar-refractivity contribution is 5.95. The van der Waals surface area contributed by atoms with Crippen molar-refractivity contribution in [1.82, 2.24) is 14.8 Å². The van der Waals surface area contributed by atoms with E-state index in [1.54, 1.807) is 12.1 Å². The third-order valence-corrected chi connectivity index (χ3v) is 4.34. The van der Waals surface area contributed by atoms with Crippen molar-refractivity contribution < 1.29 is 18.7 Å². The summed E-state index contributed by atoms with van der Waals surface area (Å²) in [5.41, 5.74) is -1.54. The van der Waals surface area contributed by atoms with E-state index in [4.69, 9.17) is 4.74 Å². The molecule has 2 fully saturated rings. The van der Waals surface area contributed by atoms with Crippen LogP contribution >= 0.6 is 0 Å². The Morgan fingerprint density at radius 3 is 2.52 bits per heavy atom. The molecule has 6 nitrogen and oxygen atoms in total. The fraction of sp³-hybridized carbons (Fsp3) is 0.562. The van der Waals surface area contributed by atoms with Gasteiger partial charge in [0.2, 0.25) is 5.67 Å². The highest BCUT2D eigenvalue weighted by Crippen LogP contribution is 2.29. The van der Waals surface area contributed by atoms with Crippen LogP contribution in [0.25, 0.3) is 0 Å². The quantitative estimate of drug-likeness (QED) is 0.811. The van der Waals surface area contributed by atoms with Gasteiger partial charge in [-0.3, -0.25) is 14.6 Å². The minimum absolute atomic E-state index is 0.156. The Hall–Kier alpha value is -2.02. The summed E-state index contributed by atoms with van der Waals surface area (Å²) in [4.78, 5) is 31.8. The Morgan fingerprint density at radius 1 is 1.13 bits per heavy atom. The van der Waals surface area contributed by atoms with Crippen LogP contribution in [0.5, 0.6) is 0 Å². The molecule has 23 heavy (non-hydrogen) atoms. The lowest BCUT2D eigenvalue weighted by atomic mass is 9.92. The predicted octanol–water partition coefficient (Wildman–Crippen LogP) is 0.885. The van der Waals surface area contributed by atoms with Crippen LogP contribution in [0, 0.1) is 0 Å². The number of pyridine rings is 1. The third kappa shape index (κ3) is 3.34. The van der Waals surface area contributed by atoms with Gasteiger partial charge in [-0.1, -0.05) is 0 Å². The van der Waals surface area contributed by atoms with Crippen molar-refractivity contribution in [2.24, 2.45) is 0 Å². The van der Waals surface area contributed by atoms with Crippen molar-refractivity contribution in [3.8, 4) is 0 Å². The topological polar surface area (TPSA) is 62.7 Å². The van der Waals surface area contributed by atoms with Crippen LogP contribution in [-0.2, 0) is 9.53 Å². The standard InChI is InChI=1S/C16H20FN3O3/c17-16(15(22)19-8-10-23-11-9-19)4-1-7-20(12-16)14(21)13-2-5-18-6-3-13/h2-3,5-6H,1,4,7-12H2. The van der Waals surface area contributed by atoms with E-state index < -0.39 is 11.6 Å². The van der Waals surface area contributed by atoms with Gasteiger partial charge in [-0.15, -0.1) is 0 Å².